The molecule has 250 valence electrons. The largest absolute Gasteiger partial charge is 0.461 e. The molecule has 0 aromatic heterocycles. The lowest BCUT2D eigenvalue weighted by molar-refractivity contribution is -0.145. The molecule has 0 unspecified atom stereocenters. The highest BCUT2D eigenvalue weighted by Crippen LogP contribution is 2.23. The van der Waals surface area contributed by atoms with Crippen LogP contribution in [0.3, 0.4) is 0 Å². The third kappa shape index (κ3) is 14.5. The van der Waals surface area contributed by atoms with E-state index in [1.165, 1.54) is 0 Å². The summed E-state index contributed by atoms with van der Waals surface area (Å²) in [6.45, 7) is 0.540. The Morgan fingerprint density at radius 2 is 0.833 bits per heavy atom. The molecular formula is C38H40N2O6S2. The third-order valence-electron chi connectivity index (χ3n) is 7.10. The van der Waals surface area contributed by atoms with Gasteiger partial charge in [-0.25, -0.2) is 0 Å². The topological polar surface area (TPSA) is 111 Å². The predicted molar refractivity (Wildman–Crippen MR) is 193 cm³/mol. The molecule has 10 heteroatoms. The van der Waals surface area contributed by atoms with Gasteiger partial charge in [0.25, 0.3) is 0 Å². The summed E-state index contributed by atoms with van der Waals surface area (Å²) in [5.41, 5.74) is 5.31. The molecule has 2 N–H and O–H groups in total. The first-order valence-corrected chi connectivity index (χ1v) is 18.3. The minimum absolute atomic E-state index is 0.0781. The van der Waals surface area contributed by atoms with Crippen LogP contribution in [0.15, 0.2) is 109 Å². The van der Waals surface area contributed by atoms with E-state index in [-0.39, 0.29) is 37.0 Å². The van der Waals surface area contributed by atoms with Crippen molar-refractivity contribution in [3.63, 3.8) is 0 Å². The zero-order valence-electron chi connectivity index (χ0n) is 26.7. The Morgan fingerprint density at radius 3 is 1.21 bits per heavy atom. The Hall–Kier alpha value is -4.54. The molecule has 2 amide bonds. The lowest BCUT2D eigenvalue weighted by Crippen LogP contribution is -2.12. The average Bonchev–Trinajstić information content (AvgIpc) is 3.11. The molecule has 0 fully saturated rings. The van der Waals surface area contributed by atoms with Gasteiger partial charge in [-0.05, 0) is 59.4 Å². The van der Waals surface area contributed by atoms with Crippen molar-refractivity contribution in [2.24, 2.45) is 0 Å². The highest BCUT2D eigenvalue weighted by molar-refractivity contribution is 8.76. The lowest BCUT2D eigenvalue weighted by atomic mass is 10.1. The SMILES string of the molecule is O=C(CCSSCCC(=O)Nc1ccc(CCC(=O)OCc2ccccc2)cc1)Nc1ccc(CCC(=O)OCc2ccccc2)cc1. The standard InChI is InChI=1S/C38H40N2O6S2/c41-35(39-33-17-11-29(12-18-33)15-21-37(43)45-27-31-7-3-1-4-8-31)23-25-47-48-26-24-36(42)40-34-19-13-30(14-20-34)16-22-38(44)46-28-32-9-5-2-6-10-32/h1-14,17-20H,15-16,21-28H2,(H,39,41)(H,40,42). The van der Waals surface area contributed by atoms with E-state index < -0.39 is 0 Å². The minimum Gasteiger partial charge on any atom is -0.461 e. The molecule has 0 aliphatic heterocycles. The zero-order chi connectivity index (χ0) is 33.8. The van der Waals surface area contributed by atoms with Crippen LogP contribution in [0, 0.1) is 0 Å². The molecule has 8 nitrogen and oxygen atoms in total. The number of hydrogen-bond donors (Lipinski definition) is 2. The van der Waals surface area contributed by atoms with E-state index in [1.807, 2.05) is 109 Å². The molecule has 0 heterocycles. The summed E-state index contributed by atoms with van der Waals surface area (Å²) < 4.78 is 10.6. The number of carbonyl (C=O) groups is 4. The van der Waals surface area contributed by atoms with Crippen LogP contribution in [0.25, 0.3) is 0 Å². The quantitative estimate of drug-likeness (QED) is 0.0586. The first-order valence-electron chi connectivity index (χ1n) is 15.8. The van der Waals surface area contributed by atoms with Crippen LogP contribution >= 0.6 is 21.6 Å². The molecule has 4 aromatic carbocycles. The molecule has 0 atom stereocenters. The van der Waals surface area contributed by atoms with Gasteiger partial charge in [-0.15, -0.1) is 0 Å². The van der Waals surface area contributed by atoms with Gasteiger partial charge in [-0.1, -0.05) is 107 Å². The van der Waals surface area contributed by atoms with Crippen LogP contribution in [0.2, 0.25) is 0 Å². The predicted octanol–water partition coefficient (Wildman–Crippen LogP) is 7.78. The monoisotopic (exact) mass is 684 g/mol. The third-order valence-corrected chi connectivity index (χ3v) is 9.51. The smallest absolute Gasteiger partial charge is 0.306 e. The number of anilines is 2. The second-order valence-electron chi connectivity index (χ2n) is 10.9. The van der Waals surface area contributed by atoms with Crippen molar-refractivity contribution in [2.75, 3.05) is 22.1 Å². The Balaban J connectivity index is 1.00. The Bertz CT molecular complexity index is 1460. The van der Waals surface area contributed by atoms with E-state index in [9.17, 15) is 19.2 Å². The van der Waals surface area contributed by atoms with Gasteiger partial charge in [-0.2, -0.15) is 0 Å². The second-order valence-corrected chi connectivity index (χ2v) is 13.6. The van der Waals surface area contributed by atoms with E-state index in [0.29, 0.717) is 61.4 Å². The Kier molecular flexibility index (Phi) is 15.6. The maximum absolute atomic E-state index is 12.3. The first-order chi connectivity index (χ1) is 23.4. The molecule has 0 saturated carbocycles. The van der Waals surface area contributed by atoms with Gasteiger partial charge in [0.15, 0.2) is 0 Å². The normalized spacial score (nSPS) is 10.6. The van der Waals surface area contributed by atoms with E-state index in [0.717, 1.165) is 22.3 Å². The van der Waals surface area contributed by atoms with Crippen LogP contribution in [-0.4, -0.2) is 35.3 Å². The average molecular weight is 685 g/mol. The van der Waals surface area contributed by atoms with Crippen LogP contribution < -0.4 is 10.6 Å². The van der Waals surface area contributed by atoms with Gasteiger partial charge < -0.3 is 20.1 Å². The van der Waals surface area contributed by atoms with Crippen molar-refractivity contribution in [1.29, 1.82) is 0 Å². The van der Waals surface area contributed by atoms with E-state index in [2.05, 4.69) is 10.6 Å². The molecule has 0 aliphatic carbocycles. The number of ether oxygens (including phenoxy) is 2. The van der Waals surface area contributed by atoms with Crippen molar-refractivity contribution in [2.45, 2.75) is 51.7 Å². The number of carbonyl (C=O) groups excluding carboxylic acids is 4. The maximum Gasteiger partial charge on any atom is 0.306 e. The fourth-order valence-corrected chi connectivity index (χ4v) is 6.44. The maximum atomic E-state index is 12.3. The lowest BCUT2D eigenvalue weighted by Gasteiger charge is -2.08. The van der Waals surface area contributed by atoms with Crippen LogP contribution in [0.1, 0.15) is 47.9 Å². The molecule has 48 heavy (non-hydrogen) atoms. The molecule has 0 aliphatic rings. The minimum atomic E-state index is -0.245. The van der Waals surface area contributed by atoms with Gasteiger partial charge >= 0.3 is 11.9 Å². The number of nitrogens with one attached hydrogen (secondary N) is 2. The van der Waals surface area contributed by atoms with Gasteiger partial charge in [0.05, 0.1) is 0 Å². The number of esters is 2. The van der Waals surface area contributed by atoms with Crippen molar-refractivity contribution in [3.05, 3.63) is 131 Å². The molecule has 4 rings (SSSR count). The van der Waals surface area contributed by atoms with E-state index >= 15 is 0 Å². The van der Waals surface area contributed by atoms with E-state index in [4.69, 9.17) is 9.47 Å². The number of rotatable bonds is 19. The van der Waals surface area contributed by atoms with E-state index in [1.54, 1.807) is 21.6 Å². The fourth-order valence-electron chi connectivity index (χ4n) is 4.46. The molecule has 0 radical (unpaired) electrons. The molecule has 0 spiro atoms. The van der Waals surface area contributed by atoms with Crippen LogP contribution in [0.4, 0.5) is 11.4 Å². The number of amides is 2. The van der Waals surface area contributed by atoms with Gasteiger partial charge in [0, 0.05) is 48.6 Å². The van der Waals surface area contributed by atoms with Crippen LogP contribution in [-0.2, 0) is 54.7 Å². The molecule has 0 saturated heterocycles. The van der Waals surface area contributed by atoms with Gasteiger partial charge in [0.2, 0.25) is 11.8 Å². The fraction of sp³-hybridized carbons (Fsp3) is 0.263. The number of aryl methyl sites for hydroxylation is 2. The summed E-state index contributed by atoms with van der Waals surface area (Å²) in [4.78, 5) is 48.8. The van der Waals surface area contributed by atoms with Crippen LogP contribution in [0.5, 0.6) is 0 Å². The van der Waals surface area contributed by atoms with Gasteiger partial charge in [-0.3, -0.25) is 19.2 Å². The summed E-state index contributed by atoms with van der Waals surface area (Å²) in [5, 5.41) is 5.80. The highest BCUT2D eigenvalue weighted by atomic mass is 33.1. The summed E-state index contributed by atoms with van der Waals surface area (Å²) in [6.07, 6.45) is 2.43. The van der Waals surface area contributed by atoms with Crippen molar-refractivity contribution in [3.8, 4) is 0 Å². The molecule has 0 bridgehead atoms. The molecule has 4 aromatic rings. The number of hydrogen-bond acceptors (Lipinski definition) is 8. The highest BCUT2D eigenvalue weighted by Gasteiger charge is 2.08. The number of benzene rings is 4. The zero-order valence-corrected chi connectivity index (χ0v) is 28.4. The first kappa shape index (κ1) is 36.3. The Morgan fingerprint density at radius 1 is 0.458 bits per heavy atom. The summed E-state index contributed by atoms with van der Waals surface area (Å²) in [6, 6.07) is 34.1. The summed E-state index contributed by atoms with van der Waals surface area (Å²) >= 11 is 0. The summed E-state index contributed by atoms with van der Waals surface area (Å²) in [7, 11) is 3.12. The van der Waals surface area contributed by atoms with Crippen molar-refractivity contribution in [1.82, 2.24) is 0 Å². The van der Waals surface area contributed by atoms with Crippen molar-refractivity contribution >= 4 is 56.7 Å². The summed E-state index contributed by atoms with van der Waals surface area (Å²) in [5.74, 6) is 0.609. The second kappa shape index (κ2) is 20.6. The van der Waals surface area contributed by atoms with Crippen molar-refractivity contribution < 1.29 is 28.7 Å². The van der Waals surface area contributed by atoms with Gasteiger partial charge in [0.1, 0.15) is 13.2 Å². The Labute approximate surface area is 289 Å². The molecular weight excluding hydrogens is 645 g/mol.